The molecule has 2 nitrogen and oxygen atoms in total. The first-order valence-corrected chi connectivity index (χ1v) is 8.14. The quantitative estimate of drug-likeness (QED) is 0.858. The van der Waals surface area contributed by atoms with E-state index in [4.69, 9.17) is 16.3 Å². The zero-order chi connectivity index (χ0) is 14.1. The van der Waals surface area contributed by atoms with Crippen molar-refractivity contribution >= 4 is 11.6 Å². The first kappa shape index (κ1) is 14.2. The highest BCUT2D eigenvalue weighted by Crippen LogP contribution is 2.55. The first-order valence-electron chi connectivity index (χ1n) is 7.77. The van der Waals surface area contributed by atoms with E-state index in [1.807, 2.05) is 12.1 Å². The van der Waals surface area contributed by atoms with Gasteiger partial charge in [-0.25, -0.2) is 0 Å². The van der Waals surface area contributed by atoms with Gasteiger partial charge in [0.2, 0.25) is 0 Å². The average Bonchev–Trinajstić information content (AvgIpc) is 3.05. The summed E-state index contributed by atoms with van der Waals surface area (Å²) >= 11 is 6.15. The lowest BCUT2D eigenvalue weighted by molar-refractivity contribution is 0.331. The van der Waals surface area contributed by atoms with Gasteiger partial charge in [-0.1, -0.05) is 18.5 Å². The standard InChI is InChI=1S/C17H24ClNO/c1-3-19-16(13-7-11-6-12(11)8-13)10-14-9-15(18)4-5-17(14)20-2/h4-5,9,11-13,16,19H,3,6-8,10H2,1-2H3. The van der Waals surface area contributed by atoms with Crippen LogP contribution in [0.25, 0.3) is 0 Å². The zero-order valence-electron chi connectivity index (χ0n) is 12.4. The molecule has 2 fully saturated rings. The van der Waals surface area contributed by atoms with E-state index in [9.17, 15) is 0 Å². The minimum absolute atomic E-state index is 0.556. The molecule has 2 aliphatic rings. The number of ether oxygens (including phenoxy) is 1. The number of hydrogen-bond donors (Lipinski definition) is 1. The van der Waals surface area contributed by atoms with E-state index in [2.05, 4.69) is 18.3 Å². The Kier molecular flexibility index (Phi) is 4.23. The maximum absolute atomic E-state index is 6.15. The number of benzene rings is 1. The maximum atomic E-state index is 6.15. The summed E-state index contributed by atoms with van der Waals surface area (Å²) in [6.07, 6.45) is 5.31. The van der Waals surface area contributed by atoms with Crippen LogP contribution >= 0.6 is 11.6 Å². The highest BCUT2D eigenvalue weighted by Gasteiger charge is 2.47. The normalized spacial score (nSPS) is 29.1. The van der Waals surface area contributed by atoms with Gasteiger partial charge in [0.15, 0.2) is 0 Å². The fraction of sp³-hybridized carbons (Fsp3) is 0.647. The molecule has 20 heavy (non-hydrogen) atoms. The molecule has 0 aromatic heterocycles. The highest BCUT2D eigenvalue weighted by atomic mass is 35.5. The van der Waals surface area contributed by atoms with Crippen LogP contribution in [0.15, 0.2) is 18.2 Å². The third-order valence-electron chi connectivity index (χ3n) is 5.00. The van der Waals surface area contributed by atoms with Gasteiger partial charge in [0.1, 0.15) is 5.75 Å². The van der Waals surface area contributed by atoms with Crippen molar-refractivity contribution in [3.05, 3.63) is 28.8 Å². The van der Waals surface area contributed by atoms with E-state index >= 15 is 0 Å². The lowest BCUT2D eigenvalue weighted by Gasteiger charge is -2.26. The van der Waals surface area contributed by atoms with Crippen LogP contribution < -0.4 is 10.1 Å². The molecule has 0 aliphatic heterocycles. The second-order valence-corrected chi connectivity index (χ2v) is 6.75. The van der Waals surface area contributed by atoms with Crippen LogP contribution in [0.1, 0.15) is 31.7 Å². The molecule has 1 aromatic carbocycles. The first-order chi connectivity index (χ1) is 9.71. The molecule has 110 valence electrons. The molecule has 3 atom stereocenters. The van der Waals surface area contributed by atoms with E-state index in [1.165, 1.54) is 24.8 Å². The Hall–Kier alpha value is -0.730. The van der Waals surface area contributed by atoms with Crippen LogP contribution in [-0.2, 0) is 6.42 Å². The van der Waals surface area contributed by atoms with Crippen LogP contribution in [0.3, 0.4) is 0 Å². The predicted octanol–water partition coefficient (Wildman–Crippen LogP) is 3.92. The van der Waals surface area contributed by atoms with E-state index in [0.717, 1.165) is 41.5 Å². The van der Waals surface area contributed by atoms with Crippen LogP contribution in [-0.4, -0.2) is 19.7 Å². The van der Waals surface area contributed by atoms with Gasteiger partial charge < -0.3 is 10.1 Å². The number of fused-ring (bicyclic) bond motifs is 1. The second kappa shape index (κ2) is 5.95. The molecule has 3 rings (SSSR count). The molecule has 0 heterocycles. The van der Waals surface area contributed by atoms with Gasteiger partial charge >= 0.3 is 0 Å². The molecule has 0 spiro atoms. The molecule has 2 aliphatic carbocycles. The van der Waals surface area contributed by atoms with Crippen LogP contribution in [0, 0.1) is 17.8 Å². The van der Waals surface area contributed by atoms with Gasteiger partial charge in [-0.3, -0.25) is 0 Å². The van der Waals surface area contributed by atoms with Crippen molar-refractivity contribution in [3.63, 3.8) is 0 Å². The summed E-state index contributed by atoms with van der Waals surface area (Å²) in [5.74, 6) is 3.84. The van der Waals surface area contributed by atoms with Crippen molar-refractivity contribution in [2.75, 3.05) is 13.7 Å². The van der Waals surface area contributed by atoms with Crippen LogP contribution in [0.2, 0.25) is 5.02 Å². The van der Waals surface area contributed by atoms with Gasteiger partial charge in [-0.2, -0.15) is 0 Å². The van der Waals surface area contributed by atoms with Crippen molar-refractivity contribution in [2.24, 2.45) is 17.8 Å². The van der Waals surface area contributed by atoms with E-state index < -0.39 is 0 Å². The lowest BCUT2D eigenvalue weighted by Crippen LogP contribution is -2.37. The Bertz CT molecular complexity index is 466. The zero-order valence-corrected chi connectivity index (χ0v) is 13.1. The van der Waals surface area contributed by atoms with Crippen molar-refractivity contribution in [1.82, 2.24) is 5.32 Å². The summed E-state index contributed by atoms with van der Waals surface area (Å²) in [6, 6.07) is 6.49. The molecule has 1 N–H and O–H groups in total. The molecular formula is C17H24ClNO. The number of hydrogen-bond acceptors (Lipinski definition) is 2. The van der Waals surface area contributed by atoms with Crippen LogP contribution in [0.4, 0.5) is 0 Å². The Balaban J connectivity index is 1.73. The smallest absolute Gasteiger partial charge is 0.122 e. The third kappa shape index (κ3) is 2.96. The van der Waals surface area contributed by atoms with Crippen LogP contribution in [0.5, 0.6) is 5.75 Å². The average molecular weight is 294 g/mol. The summed E-state index contributed by atoms with van der Waals surface area (Å²) in [4.78, 5) is 0. The van der Waals surface area contributed by atoms with Gasteiger partial charge in [0.05, 0.1) is 7.11 Å². The van der Waals surface area contributed by atoms with E-state index in [0.29, 0.717) is 6.04 Å². The Morgan fingerprint density at radius 1 is 1.30 bits per heavy atom. The summed E-state index contributed by atoms with van der Waals surface area (Å²) in [5.41, 5.74) is 1.23. The molecule has 0 radical (unpaired) electrons. The fourth-order valence-electron chi connectivity index (χ4n) is 3.90. The molecule has 3 heteroatoms. The molecular weight excluding hydrogens is 270 g/mol. The van der Waals surface area contributed by atoms with Crippen molar-refractivity contribution in [2.45, 2.75) is 38.6 Å². The van der Waals surface area contributed by atoms with E-state index in [1.54, 1.807) is 7.11 Å². The fourth-order valence-corrected chi connectivity index (χ4v) is 4.10. The molecule has 3 unspecified atom stereocenters. The predicted molar refractivity (Wildman–Crippen MR) is 83.5 cm³/mol. The Morgan fingerprint density at radius 2 is 2.05 bits per heavy atom. The Labute approximate surface area is 126 Å². The monoisotopic (exact) mass is 293 g/mol. The minimum atomic E-state index is 0.556. The molecule has 0 saturated heterocycles. The number of methoxy groups -OCH3 is 1. The summed E-state index contributed by atoms with van der Waals surface area (Å²) < 4.78 is 5.49. The maximum Gasteiger partial charge on any atom is 0.122 e. The summed E-state index contributed by atoms with van der Waals surface area (Å²) in [5, 5.41) is 4.48. The lowest BCUT2D eigenvalue weighted by atomic mass is 9.89. The van der Waals surface area contributed by atoms with Crippen molar-refractivity contribution in [1.29, 1.82) is 0 Å². The summed E-state index contributed by atoms with van der Waals surface area (Å²) in [7, 11) is 1.74. The summed E-state index contributed by atoms with van der Waals surface area (Å²) in [6.45, 7) is 3.22. The Morgan fingerprint density at radius 3 is 2.70 bits per heavy atom. The molecule has 0 bridgehead atoms. The number of nitrogens with one attached hydrogen (secondary N) is 1. The van der Waals surface area contributed by atoms with E-state index in [-0.39, 0.29) is 0 Å². The number of likely N-dealkylation sites (N-methyl/N-ethyl adjacent to an activating group) is 1. The van der Waals surface area contributed by atoms with Crippen molar-refractivity contribution < 1.29 is 4.74 Å². The van der Waals surface area contributed by atoms with Gasteiger partial charge in [-0.15, -0.1) is 0 Å². The van der Waals surface area contributed by atoms with Gasteiger partial charge in [-0.05, 0) is 73.7 Å². The number of rotatable bonds is 6. The largest absolute Gasteiger partial charge is 0.496 e. The minimum Gasteiger partial charge on any atom is -0.496 e. The topological polar surface area (TPSA) is 21.3 Å². The molecule has 0 amide bonds. The van der Waals surface area contributed by atoms with Gasteiger partial charge in [0.25, 0.3) is 0 Å². The second-order valence-electron chi connectivity index (χ2n) is 6.31. The highest BCUT2D eigenvalue weighted by molar-refractivity contribution is 6.30. The molecule has 2 saturated carbocycles. The van der Waals surface area contributed by atoms with Gasteiger partial charge in [0, 0.05) is 11.1 Å². The third-order valence-corrected chi connectivity index (χ3v) is 5.23. The number of halogens is 1. The SMILES string of the molecule is CCNC(Cc1cc(Cl)ccc1OC)C1CC2CC2C1. The van der Waals surface area contributed by atoms with Crippen molar-refractivity contribution in [3.8, 4) is 5.75 Å². The molecule has 1 aromatic rings.